The number of rotatable bonds is 6. The lowest BCUT2D eigenvalue weighted by molar-refractivity contribution is -0.211. The van der Waals surface area contributed by atoms with Crippen molar-refractivity contribution in [3.8, 4) is 0 Å². The van der Waals surface area contributed by atoms with E-state index in [4.69, 9.17) is 14.9 Å². The number of aliphatic hydroxyl groups is 2. The third-order valence-electron chi connectivity index (χ3n) is 1.45. The number of ether oxygens (including phenoxy) is 1. The fourth-order valence-corrected chi connectivity index (χ4v) is 0.690. The van der Waals surface area contributed by atoms with Gasteiger partial charge in [-0.05, 0) is 13.3 Å². The monoisotopic (exact) mass is 162 g/mol. The number of aliphatic hydroxyl groups excluding tert-OH is 1. The Balaban J connectivity index is 3.23. The van der Waals surface area contributed by atoms with Crippen LogP contribution in [0.1, 0.15) is 33.1 Å². The molecule has 0 heterocycles. The molecule has 1 unspecified atom stereocenters. The zero-order chi connectivity index (χ0) is 8.74. The molecule has 0 radical (unpaired) electrons. The Morgan fingerprint density at radius 2 is 2.00 bits per heavy atom. The first-order chi connectivity index (χ1) is 5.12. The van der Waals surface area contributed by atoms with Gasteiger partial charge >= 0.3 is 0 Å². The van der Waals surface area contributed by atoms with Gasteiger partial charge in [0.25, 0.3) is 0 Å². The second-order valence-corrected chi connectivity index (χ2v) is 2.89. The Morgan fingerprint density at radius 1 is 1.36 bits per heavy atom. The molecular weight excluding hydrogens is 144 g/mol. The summed E-state index contributed by atoms with van der Waals surface area (Å²) in [5.41, 5.74) is 0. The van der Waals surface area contributed by atoms with Crippen LogP contribution in [0.2, 0.25) is 0 Å². The zero-order valence-corrected chi connectivity index (χ0v) is 7.34. The SMILES string of the molecule is CCCCCOC(C)(O)CO. The van der Waals surface area contributed by atoms with E-state index in [9.17, 15) is 0 Å². The molecule has 0 aromatic rings. The van der Waals surface area contributed by atoms with E-state index >= 15 is 0 Å². The molecule has 0 aliphatic rings. The molecule has 0 spiro atoms. The minimum Gasteiger partial charge on any atom is -0.391 e. The van der Waals surface area contributed by atoms with Crippen molar-refractivity contribution in [3.05, 3.63) is 0 Å². The molecule has 0 rings (SSSR count). The maximum atomic E-state index is 9.15. The fourth-order valence-electron chi connectivity index (χ4n) is 0.690. The second kappa shape index (κ2) is 5.52. The molecule has 0 fully saturated rings. The summed E-state index contributed by atoms with van der Waals surface area (Å²) in [6.45, 7) is 3.73. The van der Waals surface area contributed by atoms with Crippen molar-refractivity contribution < 1.29 is 14.9 Å². The van der Waals surface area contributed by atoms with E-state index in [0.717, 1.165) is 19.3 Å². The van der Waals surface area contributed by atoms with Crippen molar-refractivity contribution in [1.29, 1.82) is 0 Å². The molecule has 0 aliphatic heterocycles. The van der Waals surface area contributed by atoms with Crippen LogP contribution in [-0.2, 0) is 4.74 Å². The summed E-state index contributed by atoms with van der Waals surface area (Å²) < 4.78 is 4.99. The molecule has 0 aromatic heterocycles. The molecule has 11 heavy (non-hydrogen) atoms. The van der Waals surface area contributed by atoms with Gasteiger partial charge in [-0.15, -0.1) is 0 Å². The topological polar surface area (TPSA) is 49.7 Å². The normalized spacial score (nSPS) is 16.4. The molecule has 68 valence electrons. The first-order valence-corrected chi connectivity index (χ1v) is 4.09. The standard InChI is InChI=1S/C8H18O3/c1-3-4-5-6-11-8(2,10)7-9/h9-10H,3-7H2,1-2H3. The highest BCUT2D eigenvalue weighted by atomic mass is 16.6. The van der Waals surface area contributed by atoms with Crippen molar-refractivity contribution in [1.82, 2.24) is 0 Å². The van der Waals surface area contributed by atoms with E-state index in [1.54, 1.807) is 0 Å². The summed E-state index contributed by atoms with van der Waals surface area (Å²) in [4.78, 5) is 0. The van der Waals surface area contributed by atoms with E-state index in [2.05, 4.69) is 6.92 Å². The van der Waals surface area contributed by atoms with E-state index in [1.165, 1.54) is 6.92 Å². The van der Waals surface area contributed by atoms with Crippen molar-refractivity contribution in [2.45, 2.75) is 38.9 Å². The summed E-state index contributed by atoms with van der Waals surface area (Å²) in [6, 6.07) is 0. The Bertz CT molecular complexity index is 91.3. The Labute approximate surface area is 68.0 Å². The van der Waals surface area contributed by atoms with Gasteiger partial charge in [-0.1, -0.05) is 19.8 Å². The van der Waals surface area contributed by atoms with Gasteiger partial charge in [0.2, 0.25) is 0 Å². The van der Waals surface area contributed by atoms with Gasteiger partial charge in [0.15, 0.2) is 5.79 Å². The van der Waals surface area contributed by atoms with Gasteiger partial charge in [-0.3, -0.25) is 0 Å². The largest absolute Gasteiger partial charge is 0.391 e. The van der Waals surface area contributed by atoms with Gasteiger partial charge in [0.1, 0.15) is 0 Å². The fraction of sp³-hybridized carbons (Fsp3) is 1.00. The molecular formula is C8H18O3. The summed E-state index contributed by atoms with van der Waals surface area (Å²) in [7, 11) is 0. The minimum absolute atomic E-state index is 0.348. The predicted octanol–water partition coefficient (Wildman–Crippen LogP) is 0.894. The highest BCUT2D eigenvalue weighted by Crippen LogP contribution is 2.05. The second-order valence-electron chi connectivity index (χ2n) is 2.89. The molecule has 2 N–H and O–H groups in total. The maximum Gasteiger partial charge on any atom is 0.186 e. The lowest BCUT2D eigenvalue weighted by atomic mass is 10.2. The van der Waals surface area contributed by atoms with Crippen LogP contribution >= 0.6 is 0 Å². The minimum atomic E-state index is -1.35. The maximum absolute atomic E-state index is 9.15. The first-order valence-electron chi connectivity index (χ1n) is 4.09. The van der Waals surface area contributed by atoms with Gasteiger partial charge in [-0.2, -0.15) is 0 Å². The molecule has 3 nitrogen and oxygen atoms in total. The quantitative estimate of drug-likeness (QED) is 0.450. The van der Waals surface area contributed by atoms with Crippen LogP contribution in [0.3, 0.4) is 0 Å². The molecule has 3 heteroatoms. The molecule has 0 saturated heterocycles. The highest BCUT2D eigenvalue weighted by Gasteiger charge is 2.18. The van der Waals surface area contributed by atoms with Crippen LogP contribution in [0.15, 0.2) is 0 Å². The highest BCUT2D eigenvalue weighted by molar-refractivity contribution is 4.55. The van der Waals surface area contributed by atoms with E-state index < -0.39 is 5.79 Å². The molecule has 0 aliphatic carbocycles. The Hall–Kier alpha value is -0.120. The van der Waals surface area contributed by atoms with Crippen LogP contribution in [0.5, 0.6) is 0 Å². The average molecular weight is 162 g/mol. The van der Waals surface area contributed by atoms with E-state index in [-0.39, 0.29) is 6.61 Å². The predicted molar refractivity (Wildman–Crippen MR) is 43.2 cm³/mol. The zero-order valence-electron chi connectivity index (χ0n) is 7.34. The third-order valence-corrected chi connectivity index (χ3v) is 1.45. The average Bonchev–Trinajstić information content (AvgIpc) is 1.99. The van der Waals surface area contributed by atoms with Gasteiger partial charge < -0.3 is 14.9 Å². The van der Waals surface area contributed by atoms with Crippen molar-refractivity contribution in [2.24, 2.45) is 0 Å². The van der Waals surface area contributed by atoms with E-state index in [1.807, 2.05) is 0 Å². The first kappa shape index (κ1) is 10.9. The third kappa shape index (κ3) is 6.28. The lowest BCUT2D eigenvalue weighted by Crippen LogP contribution is -2.32. The van der Waals surface area contributed by atoms with Gasteiger partial charge in [-0.25, -0.2) is 0 Å². The van der Waals surface area contributed by atoms with Gasteiger partial charge in [0, 0.05) is 0 Å². The van der Waals surface area contributed by atoms with Crippen LogP contribution in [0, 0.1) is 0 Å². The van der Waals surface area contributed by atoms with Crippen LogP contribution in [0.4, 0.5) is 0 Å². The number of unbranched alkanes of at least 4 members (excludes halogenated alkanes) is 2. The van der Waals surface area contributed by atoms with Crippen molar-refractivity contribution >= 4 is 0 Å². The Morgan fingerprint density at radius 3 is 2.45 bits per heavy atom. The van der Waals surface area contributed by atoms with Crippen LogP contribution in [-0.4, -0.2) is 29.2 Å². The van der Waals surface area contributed by atoms with Crippen LogP contribution < -0.4 is 0 Å². The summed E-state index contributed by atoms with van der Waals surface area (Å²) >= 11 is 0. The van der Waals surface area contributed by atoms with Crippen LogP contribution in [0.25, 0.3) is 0 Å². The number of hydrogen-bond acceptors (Lipinski definition) is 3. The molecule has 0 saturated carbocycles. The summed E-state index contributed by atoms with van der Waals surface area (Å²) in [5.74, 6) is -1.35. The molecule has 0 aromatic carbocycles. The molecule has 1 atom stereocenters. The van der Waals surface area contributed by atoms with Gasteiger partial charge in [0.05, 0.1) is 13.2 Å². The van der Waals surface area contributed by atoms with E-state index in [0.29, 0.717) is 6.61 Å². The summed E-state index contributed by atoms with van der Waals surface area (Å²) in [5, 5.41) is 17.7. The van der Waals surface area contributed by atoms with Crippen molar-refractivity contribution in [3.63, 3.8) is 0 Å². The molecule has 0 bridgehead atoms. The Kier molecular flexibility index (Phi) is 5.46. The van der Waals surface area contributed by atoms with Crippen molar-refractivity contribution in [2.75, 3.05) is 13.2 Å². The number of hydrogen-bond donors (Lipinski definition) is 2. The lowest BCUT2D eigenvalue weighted by Gasteiger charge is -2.20. The molecule has 0 amide bonds. The smallest absolute Gasteiger partial charge is 0.186 e. The summed E-state index contributed by atoms with van der Waals surface area (Å²) in [6.07, 6.45) is 3.17.